The lowest BCUT2D eigenvalue weighted by Gasteiger charge is -1.99. The Morgan fingerprint density at radius 2 is 1.85 bits per heavy atom. The summed E-state index contributed by atoms with van der Waals surface area (Å²) in [6.07, 6.45) is 0. The van der Waals surface area contributed by atoms with Gasteiger partial charge >= 0.3 is 0 Å². The normalized spacial score (nSPS) is 10.4. The van der Waals surface area contributed by atoms with E-state index in [-0.39, 0.29) is 0 Å². The van der Waals surface area contributed by atoms with Crippen LogP contribution >= 0.6 is 0 Å². The SMILES string of the molecule is COc1cccc(-c2nc(-c3ccc(N)cc3)no2)c1. The predicted molar refractivity (Wildman–Crippen MR) is 76.1 cm³/mol. The minimum absolute atomic E-state index is 0.454. The van der Waals surface area contributed by atoms with Crippen molar-refractivity contribution >= 4 is 5.69 Å². The first kappa shape index (κ1) is 12.2. The minimum Gasteiger partial charge on any atom is -0.497 e. The smallest absolute Gasteiger partial charge is 0.258 e. The van der Waals surface area contributed by atoms with E-state index < -0.39 is 0 Å². The Morgan fingerprint density at radius 3 is 2.60 bits per heavy atom. The number of hydrogen-bond donors (Lipinski definition) is 1. The molecule has 100 valence electrons. The molecule has 2 N–H and O–H groups in total. The predicted octanol–water partition coefficient (Wildman–Crippen LogP) is 2.99. The fourth-order valence-corrected chi connectivity index (χ4v) is 1.85. The molecule has 1 aromatic heterocycles. The number of aromatic nitrogens is 2. The molecule has 0 unspecified atom stereocenters. The van der Waals surface area contributed by atoms with E-state index in [1.54, 1.807) is 19.2 Å². The van der Waals surface area contributed by atoms with E-state index in [1.165, 1.54) is 0 Å². The molecule has 0 spiro atoms. The molecule has 0 saturated carbocycles. The molecule has 20 heavy (non-hydrogen) atoms. The highest BCUT2D eigenvalue weighted by Crippen LogP contribution is 2.25. The second kappa shape index (κ2) is 5.05. The molecule has 0 aliphatic heterocycles. The lowest BCUT2D eigenvalue weighted by Crippen LogP contribution is -1.86. The summed E-state index contributed by atoms with van der Waals surface area (Å²) in [5.41, 5.74) is 8.03. The molecule has 0 atom stereocenters. The van der Waals surface area contributed by atoms with Crippen molar-refractivity contribution in [3.05, 3.63) is 48.5 Å². The van der Waals surface area contributed by atoms with Gasteiger partial charge in [-0.05, 0) is 42.5 Å². The maximum Gasteiger partial charge on any atom is 0.258 e. The van der Waals surface area contributed by atoms with Crippen molar-refractivity contribution in [2.45, 2.75) is 0 Å². The van der Waals surface area contributed by atoms with Crippen LogP contribution in [0.1, 0.15) is 0 Å². The summed E-state index contributed by atoms with van der Waals surface area (Å²) in [6.45, 7) is 0. The Hall–Kier alpha value is -2.82. The number of ether oxygens (including phenoxy) is 1. The zero-order valence-electron chi connectivity index (χ0n) is 10.9. The van der Waals surface area contributed by atoms with E-state index in [4.69, 9.17) is 15.0 Å². The summed E-state index contributed by atoms with van der Waals surface area (Å²) in [5, 5.41) is 3.98. The monoisotopic (exact) mass is 267 g/mol. The van der Waals surface area contributed by atoms with Gasteiger partial charge < -0.3 is 15.0 Å². The van der Waals surface area contributed by atoms with Gasteiger partial charge in [-0.15, -0.1) is 0 Å². The fraction of sp³-hybridized carbons (Fsp3) is 0.0667. The molecule has 5 nitrogen and oxygen atoms in total. The maximum atomic E-state index is 5.65. The van der Waals surface area contributed by atoms with Crippen molar-refractivity contribution in [1.82, 2.24) is 10.1 Å². The van der Waals surface area contributed by atoms with Crippen LogP contribution in [0.5, 0.6) is 5.75 Å². The summed E-state index contributed by atoms with van der Waals surface area (Å²) in [7, 11) is 1.62. The Balaban J connectivity index is 1.95. The van der Waals surface area contributed by atoms with E-state index in [1.807, 2.05) is 36.4 Å². The third-order valence-corrected chi connectivity index (χ3v) is 2.91. The number of nitrogen functional groups attached to an aromatic ring is 1. The molecule has 0 saturated heterocycles. The van der Waals surface area contributed by atoms with Crippen molar-refractivity contribution in [2.24, 2.45) is 0 Å². The number of methoxy groups -OCH3 is 1. The second-order valence-electron chi connectivity index (χ2n) is 4.28. The second-order valence-corrected chi connectivity index (χ2v) is 4.28. The van der Waals surface area contributed by atoms with Crippen LogP contribution in [-0.2, 0) is 0 Å². The summed E-state index contributed by atoms with van der Waals surface area (Å²) in [6, 6.07) is 14.8. The van der Waals surface area contributed by atoms with E-state index in [0.717, 1.165) is 16.9 Å². The maximum absolute atomic E-state index is 5.65. The third kappa shape index (κ3) is 2.33. The molecule has 3 aromatic rings. The molecule has 5 heteroatoms. The number of rotatable bonds is 3. The van der Waals surface area contributed by atoms with Gasteiger partial charge in [-0.25, -0.2) is 0 Å². The van der Waals surface area contributed by atoms with Crippen molar-refractivity contribution < 1.29 is 9.26 Å². The molecule has 2 aromatic carbocycles. The molecule has 0 aliphatic rings. The van der Waals surface area contributed by atoms with Crippen molar-refractivity contribution in [1.29, 1.82) is 0 Å². The summed E-state index contributed by atoms with van der Waals surface area (Å²) in [4.78, 5) is 4.38. The minimum atomic E-state index is 0.454. The summed E-state index contributed by atoms with van der Waals surface area (Å²) >= 11 is 0. The fourth-order valence-electron chi connectivity index (χ4n) is 1.85. The molecule has 0 fully saturated rings. The average molecular weight is 267 g/mol. The van der Waals surface area contributed by atoms with Gasteiger partial charge in [-0.2, -0.15) is 4.98 Å². The van der Waals surface area contributed by atoms with Crippen LogP contribution in [0.2, 0.25) is 0 Å². The van der Waals surface area contributed by atoms with Gasteiger partial charge in [0.1, 0.15) is 5.75 Å². The van der Waals surface area contributed by atoms with Crippen LogP contribution in [-0.4, -0.2) is 17.3 Å². The van der Waals surface area contributed by atoms with Gasteiger partial charge in [-0.1, -0.05) is 11.2 Å². The Kier molecular flexibility index (Phi) is 3.09. The number of nitrogens with zero attached hydrogens (tertiary/aromatic N) is 2. The summed E-state index contributed by atoms with van der Waals surface area (Å²) < 4.78 is 10.5. The number of nitrogens with two attached hydrogens (primary N) is 1. The highest BCUT2D eigenvalue weighted by molar-refractivity contribution is 5.62. The standard InChI is InChI=1S/C15H13N3O2/c1-19-13-4-2-3-11(9-13)15-17-14(18-20-15)10-5-7-12(16)8-6-10/h2-9H,16H2,1H3. The molecule has 0 bridgehead atoms. The number of anilines is 1. The van der Waals surface area contributed by atoms with Gasteiger partial charge in [-0.3, -0.25) is 0 Å². The number of hydrogen-bond acceptors (Lipinski definition) is 5. The molecular weight excluding hydrogens is 254 g/mol. The molecule has 0 aliphatic carbocycles. The van der Waals surface area contributed by atoms with E-state index in [2.05, 4.69) is 10.1 Å². The number of benzene rings is 2. The van der Waals surface area contributed by atoms with Crippen LogP contribution in [0, 0.1) is 0 Å². The van der Waals surface area contributed by atoms with Crippen LogP contribution in [0.4, 0.5) is 5.69 Å². The van der Waals surface area contributed by atoms with Gasteiger partial charge in [0.05, 0.1) is 7.11 Å². The lowest BCUT2D eigenvalue weighted by atomic mass is 10.2. The molecule has 1 heterocycles. The van der Waals surface area contributed by atoms with Crippen LogP contribution in [0.15, 0.2) is 53.1 Å². The van der Waals surface area contributed by atoms with E-state index >= 15 is 0 Å². The lowest BCUT2D eigenvalue weighted by molar-refractivity contribution is 0.413. The van der Waals surface area contributed by atoms with Crippen LogP contribution in [0.3, 0.4) is 0 Å². The van der Waals surface area contributed by atoms with Crippen molar-refractivity contribution in [3.8, 4) is 28.6 Å². The molecule has 0 amide bonds. The zero-order valence-corrected chi connectivity index (χ0v) is 10.9. The Morgan fingerprint density at radius 1 is 1.05 bits per heavy atom. The average Bonchev–Trinajstić information content (AvgIpc) is 2.98. The van der Waals surface area contributed by atoms with Gasteiger partial charge in [0.2, 0.25) is 5.82 Å². The van der Waals surface area contributed by atoms with Gasteiger partial charge in [0, 0.05) is 16.8 Å². The largest absolute Gasteiger partial charge is 0.497 e. The van der Waals surface area contributed by atoms with Crippen LogP contribution < -0.4 is 10.5 Å². The quantitative estimate of drug-likeness (QED) is 0.738. The van der Waals surface area contributed by atoms with Crippen LogP contribution in [0.25, 0.3) is 22.8 Å². The van der Waals surface area contributed by atoms with Gasteiger partial charge in [0.15, 0.2) is 0 Å². The van der Waals surface area contributed by atoms with E-state index in [9.17, 15) is 0 Å². The summed E-state index contributed by atoms with van der Waals surface area (Å²) in [5.74, 6) is 1.73. The highest BCUT2D eigenvalue weighted by atomic mass is 16.5. The molecule has 0 radical (unpaired) electrons. The van der Waals surface area contributed by atoms with E-state index in [0.29, 0.717) is 17.4 Å². The highest BCUT2D eigenvalue weighted by Gasteiger charge is 2.11. The van der Waals surface area contributed by atoms with Crippen molar-refractivity contribution in [3.63, 3.8) is 0 Å². The first-order valence-electron chi connectivity index (χ1n) is 6.10. The zero-order chi connectivity index (χ0) is 13.9. The topological polar surface area (TPSA) is 74.2 Å². The van der Waals surface area contributed by atoms with Gasteiger partial charge in [0.25, 0.3) is 5.89 Å². The molecule has 3 rings (SSSR count). The Labute approximate surface area is 116 Å². The Bertz CT molecular complexity index is 720. The van der Waals surface area contributed by atoms with Crippen molar-refractivity contribution in [2.75, 3.05) is 12.8 Å². The molecular formula is C15H13N3O2. The first-order chi connectivity index (χ1) is 9.76. The third-order valence-electron chi connectivity index (χ3n) is 2.91. The first-order valence-corrected chi connectivity index (χ1v) is 6.10.